The van der Waals surface area contributed by atoms with E-state index < -0.39 is 0 Å². The van der Waals surface area contributed by atoms with Gasteiger partial charge in [-0.3, -0.25) is 0 Å². The van der Waals surface area contributed by atoms with E-state index in [1.807, 2.05) is 36.4 Å². The van der Waals surface area contributed by atoms with Crippen LogP contribution in [0.5, 0.6) is 11.5 Å². The van der Waals surface area contributed by atoms with Gasteiger partial charge in [-0.25, -0.2) is 0 Å². The topological polar surface area (TPSA) is 44.5 Å². The average Bonchev–Trinajstić information content (AvgIpc) is 2.76. The molecule has 3 heteroatoms. The van der Waals surface area contributed by atoms with Crippen molar-refractivity contribution in [1.82, 2.24) is 0 Å². The van der Waals surface area contributed by atoms with Gasteiger partial charge in [0, 0.05) is 24.1 Å². The fourth-order valence-electron chi connectivity index (χ4n) is 2.73. The maximum atomic E-state index is 6.00. The van der Waals surface area contributed by atoms with E-state index in [0.29, 0.717) is 6.61 Å². The molecule has 110 valence electrons. The van der Waals surface area contributed by atoms with Gasteiger partial charge >= 0.3 is 0 Å². The predicted molar refractivity (Wildman–Crippen MR) is 84.9 cm³/mol. The first-order valence-electron chi connectivity index (χ1n) is 7.32. The molecule has 1 heterocycles. The van der Waals surface area contributed by atoms with Crippen LogP contribution >= 0.6 is 0 Å². The van der Waals surface area contributed by atoms with Crippen molar-refractivity contribution in [2.45, 2.75) is 32.3 Å². The smallest absolute Gasteiger partial charge is 0.165 e. The Balaban J connectivity index is 1.68. The van der Waals surface area contributed by atoms with Crippen LogP contribution in [0.4, 0.5) is 5.69 Å². The zero-order chi connectivity index (χ0) is 14.9. The number of anilines is 1. The molecule has 0 aromatic heterocycles. The Morgan fingerprint density at radius 3 is 2.76 bits per heavy atom. The van der Waals surface area contributed by atoms with Crippen LogP contribution in [0.15, 0.2) is 42.5 Å². The fourth-order valence-corrected chi connectivity index (χ4v) is 2.73. The Morgan fingerprint density at radius 2 is 1.95 bits per heavy atom. The van der Waals surface area contributed by atoms with Crippen molar-refractivity contribution >= 4 is 5.69 Å². The molecule has 3 nitrogen and oxygen atoms in total. The van der Waals surface area contributed by atoms with Crippen LogP contribution in [-0.4, -0.2) is 12.2 Å². The van der Waals surface area contributed by atoms with Gasteiger partial charge in [0.05, 0.1) is 6.61 Å². The molecule has 0 fully saturated rings. The minimum absolute atomic E-state index is 0.147. The number of rotatable bonds is 4. The Hall–Kier alpha value is -2.16. The van der Waals surface area contributed by atoms with E-state index >= 15 is 0 Å². The molecular weight excluding hydrogens is 262 g/mol. The highest BCUT2D eigenvalue weighted by atomic mass is 16.5. The molecule has 0 saturated carbocycles. The van der Waals surface area contributed by atoms with Gasteiger partial charge in [0.15, 0.2) is 11.5 Å². The Morgan fingerprint density at radius 1 is 1.14 bits per heavy atom. The zero-order valence-corrected chi connectivity index (χ0v) is 12.6. The molecule has 0 aliphatic carbocycles. The predicted octanol–water partition coefficient (Wildman–Crippen LogP) is 3.60. The quantitative estimate of drug-likeness (QED) is 0.872. The maximum Gasteiger partial charge on any atom is 0.165 e. The zero-order valence-electron chi connectivity index (χ0n) is 12.6. The number of nitrogen functional groups attached to an aromatic ring is 1. The summed E-state index contributed by atoms with van der Waals surface area (Å²) in [5.74, 6) is 1.72. The first-order chi connectivity index (χ1) is 10.1. The number of nitrogens with two attached hydrogens (primary N) is 1. The van der Waals surface area contributed by atoms with Crippen LogP contribution in [0.25, 0.3) is 0 Å². The van der Waals surface area contributed by atoms with Gasteiger partial charge in [-0.1, -0.05) is 30.3 Å². The molecule has 0 spiro atoms. The van der Waals surface area contributed by atoms with Gasteiger partial charge in [-0.2, -0.15) is 0 Å². The van der Waals surface area contributed by atoms with Crippen molar-refractivity contribution < 1.29 is 9.47 Å². The molecule has 1 aliphatic heterocycles. The van der Waals surface area contributed by atoms with Gasteiger partial charge < -0.3 is 15.2 Å². The summed E-state index contributed by atoms with van der Waals surface area (Å²) in [5, 5.41) is 0. The Kier molecular flexibility index (Phi) is 3.50. The molecule has 3 rings (SSSR count). The third kappa shape index (κ3) is 2.97. The van der Waals surface area contributed by atoms with E-state index in [1.54, 1.807) is 0 Å². The van der Waals surface area contributed by atoms with E-state index in [-0.39, 0.29) is 5.60 Å². The SMILES string of the molecule is CC1(C)Cc2cccc(OCCc3ccccc3N)c2O1. The van der Waals surface area contributed by atoms with Gasteiger partial charge in [-0.15, -0.1) is 0 Å². The van der Waals surface area contributed by atoms with E-state index in [4.69, 9.17) is 15.2 Å². The molecule has 0 amide bonds. The molecule has 21 heavy (non-hydrogen) atoms. The highest BCUT2D eigenvalue weighted by Crippen LogP contribution is 2.41. The summed E-state index contributed by atoms with van der Waals surface area (Å²) in [7, 11) is 0. The molecule has 0 bridgehead atoms. The Bertz CT molecular complexity index is 649. The molecule has 1 aliphatic rings. The third-order valence-electron chi connectivity index (χ3n) is 3.74. The van der Waals surface area contributed by atoms with Gasteiger partial charge in [0.2, 0.25) is 0 Å². The van der Waals surface area contributed by atoms with Crippen LogP contribution in [-0.2, 0) is 12.8 Å². The lowest BCUT2D eigenvalue weighted by molar-refractivity contribution is 0.132. The second-order valence-corrected chi connectivity index (χ2v) is 6.08. The summed E-state index contributed by atoms with van der Waals surface area (Å²) in [5.41, 5.74) is 8.95. The number of fused-ring (bicyclic) bond motifs is 1. The summed E-state index contributed by atoms with van der Waals surface area (Å²) < 4.78 is 11.9. The van der Waals surface area contributed by atoms with E-state index in [2.05, 4.69) is 19.9 Å². The Labute approximate surface area is 125 Å². The van der Waals surface area contributed by atoms with Crippen molar-refractivity contribution in [3.63, 3.8) is 0 Å². The lowest BCUT2D eigenvalue weighted by atomic mass is 10.0. The van der Waals surface area contributed by atoms with Crippen LogP contribution < -0.4 is 15.2 Å². The first-order valence-corrected chi connectivity index (χ1v) is 7.32. The second-order valence-electron chi connectivity index (χ2n) is 6.08. The number of hydrogen-bond donors (Lipinski definition) is 1. The summed E-state index contributed by atoms with van der Waals surface area (Å²) >= 11 is 0. The van der Waals surface area contributed by atoms with Crippen LogP contribution in [0.1, 0.15) is 25.0 Å². The summed E-state index contributed by atoms with van der Waals surface area (Å²) in [4.78, 5) is 0. The summed E-state index contributed by atoms with van der Waals surface area (Å²) in [6, 6.07) is 14.0. The molecule has 0 unspecified atom stereocenters. The number of hydrogen-bond acceptors (Lipinski definition) is 3. The standard InChI is InChI=1S/C18H21NO2/c1-18(2)12-14-7-5-9-16(17(14)21-18)20-11-10-13-6-3-4-8-15(13)19/h3-9H,10-12,19H2,1-2H3. The highest BCUT2D eigenvalue weighted by Gasteiger charge is 2.32. The number of benzene rings is 2. The molecule has 0 radical (unpaired) electrons. The van der Waals surface area contributed by atoms with E-state index in [1.165, 1.54) is 5.56 Å². The van der Waals surface area contributed by atoms with Gasteiger partial charge in [-0.05, 0) is 31.5 Å². The second kappa shape index (κ2) is 5.32. The maximum absolute atomic E-state index is 6.00. The first kappa shape index (κ1) is 13.8. The van der Waals surface area contributed by atoms with Crippen LogP contribution in [0.2, 0.25) is 0 Å². The fraction of sp³-hybridized carbons (Fsp3) is 0.333. The van der Waals surface area contributed by atoms with Crippen molar-refractivity contribution in [1.29, 1.82) is 0 Å². The highest BCUT2D eigenvalue weighted by molar-refractivity contribution is 5.50. The van der Waals surface area contributed by atoms with Crippen molar-refractivity contribution in [2.24, 2.45) is 0 Å². The molecule has 0 saturated heterocycles. The minimum Gasteiger partial charge on any atom is -0.489 e. The van der Waals surface area contributed by atoms with E-state index in [9.17, 15) is 0 Å². The number of para-hydroxylation sites is 2. The molecule has 2 aromatic rings. The number of ether oxygens (including phenoxy) is 2. The van der Waals surface area contributed by atoms with Crippen molar-refractivity contribution in [2.75, 3.05) is 12.3 Å². The normalized spacial score (nSPS) is 15.3. The van der Waals surface area contributed by atoms with Crippen molar-refractivity contribution in [3.8, 4) is 11.5 Å². The molecule has 2 aromatic carbocycles. The summed E-state index contributed by atoms with van der Waals surface area (Å²) in [6.45, 7) is 4.79. The third-order valence-corrected chi connectivity index (χ3v) is 3.74. The lowest BCUT2D eigenvalue weighted by Crippen LogP contribution is -2.24. The monoisotopic (exact) mass is 283 g/mol. The lowest BCUT2D eigenvalue weighted by Gasteiger charge is -2.18. The minimum atomic E-state index is -0.147. The van der Waals surface area contributed by atoms with Crippen molar-refractivity contribution in [3.05, 3.63) is 53.6 Å². The molecular formula is C18H21NO2. The van der Waals surface area contributed by atoms with E-state index in [0.717, 1.165) is 35.6 Å². The van der Waals surface area contributed by atoms with Crippen LogP contribution in [0, 0.1) is 0 Å². The molecule has 0 atom stereocenters. The molecule has 2 N–H and O–H groups in total. The van der Waals surface area contributed by atoms with Crippen LogP contribution in [0.3, 0.4) is 0 Å². The van der Waals surface area contributed by atoms with Gasteiger partial charge in [0.1, 0.15) is 5.60 Å². The summed E-state index contributed by atoms with van der Waals surface area (Å²) in [6.07, 6.45) is 1.71. The average molecular weight is 283 g/mol. The van der Waals surface area contributed by atoms with Gasteiger partial charge in [0.25, 0.3) is 0 Å². The largest absolute Gasteiger partial charge is 0.489 e.